The number of halogens is 2. The minimum absolute atomic E-state index is 0.0275. The molecule has 0 bridgehead atoms. The maximum Gasteiger partial charge on any atom is 0.246 e. The van der Waals surface area contributed by atoms with Crippen molar-refractivity contribution >= 4 is 0 Å². The Hall–Kier alpha value is -0.220. The molecule has 0 aromatic heterocycles. The van der Waals surface area contributed by atoms with Gasteiger partial charge in [-0.3, -0.25) is 0 Å². The number of hydrogen-bond donors (Lipinski definition) is 1. The Labute approximate surface area is 84.4 Å². The second kappa shape index (κ2) is 5.03. The molecule has 0 aromatic carbocycles. The van der Waals surface area contributed by atoms with Crippen LogP contribution in [0.15, 0.2) is 0 Å². The van der Waals surface area contributed by atoms with Gasteiger partial charge in [0, 0.05) is 13.0 Å². The normalized spacial score (nSPS) is 21.4. The number of nitrogens with zero attached hydrogens (tertiary/aromatic N) is 1. The van der Waals surface area contributed by atoms with Crippen molar-refractivity contribution in [1.29, 1.82) is 0 Å². The predicted molar refractivity (Wildman–Crippen MR) is 53.5 cm³/mol. The monoisotopic (exact) mass is 206 g/mol. The van der Waals surface area contributed by atoms with Crippen molar-refractivity contribution in [2.24, 2.45) is 11.7 Å². The molecular formula is C10H20F2N2. The molecule has 1 heterocycles. The number of piperidine rings is 1. The van der Waals surface area contributed by atoms with E-state index in [4.69, 9.17) is 5.73 Å². The Kier molecular flexibility index (Phi) is 4.26. The molecule has 1 fully saturated rings. The lowest BCUT2D eigenvalue weighted by Gasteiger charge is -2.31. The van der Waals surface area contributed by atoms with Crippen LogP contribution in [0.25, 0.3) is 0 Å². The summed E-state index contributed by atoms with van der Waals surface area (Å²) in [5.74, 6) is -1.92. The lowest BCUT2D eigenvalue weighted by molar-refractivity contribution is 0.000412. The van der Waals surface area contributed by atoms with Crippen LogP contribution in [0.4, 0.5) is 8.78 Å². The molecule has 4 heteroatoms. The van der Waals surface area contributed by atoms with Gasteiger partial charge in [-0.15, -0.1) is 0 Å². The van der Waals surface area contributed by atoms with Gasteiger partial charge < -0.3 is 10.6 Å². The molecule has 14 heavy (non-hydrogen) atoms. The van der Waals surface area contributed by atoms with Crippen molar-refractivity contribution in [2.75, 3.05) is 26.2 Å². The van der Waals surface area contributed by atoms with Gasteiger partial charge in [0.05, 0.1) is 0 Å². The lowest BCUT2D eigenvalue weighted by Crippen LogP contribution is -2.38. The topological polar surface area (TPSA) is 29.3 Å². The van der Waals surface area contributed by atoms with E-state index in [1.807, 2.05) is 0 Å². The van der Waals surface area contributed by atoms with Gasteiger partial charge in [0.25, 0.3) is 0 Å². The smallest absolute Gasteiger partial charge is 0.246 e. The lowest BCUT2D eigenvalue weighted by atomic mass is 9.97. The van der Waals surface area contributed by atoms with Crippen LogP contribution < -0.4 is 5.73 Å². The van der Waals surface area contributed by atoms with E-state index in [1.54, 1.807) is 0 Å². The first-order valence-electron chi connectivity index (χ1n) is 5.31. The van der Waals surface area contributed by atoms with Crippen LogP contribution >= 0.6 is 0 Å². The van der Waals surface area contributed by atoms with Gasteiger partial charge in [-0.05, 0) is 45.3 Å². The summed E-state index contributed by atoms with van der Waals surface area (Å²) in [6, 6.07) is 0. The maximum atomic E-state index is 12.6. The van der Waals surface area contributed by atoms with Crippen molar-refractivity contribution in [3.05, 3.63) is 0 Å². The fraction of sp³-hybridized carbons (Fsp3) is 1.00. The Morgan fingerprint density at radius 2 is 1.93 bits per heavy atom. The van der Waals surface area contributed by atoms with Gasteiger partial charge >= 0.3 is 0 Å². The highest BCUT2D eigenvalue weighted by atomic mass is 19.3. The minimum atomic E-state index is -2.52. The van der Waals surface area contributed by atoms with Crippen LogP contribution in [-0.2, 0) is 0 Å². The second-order valence-corrected chi connectivity index (χ2v) is 4.34. The average molecular weight is 206 g/mol. The third-order valence-electron chi connectivity index (χ3n) is 2.91. The highest BCUT2D eigenvalue weighted by Gasteiger charge is 2.24. The summed E-state index contributed by atoms with van der Waals surface area (Å²) in [4.78, 5) is 2.11. The Morgan fingerprint density at radius 3 is 2.36 bits per heavy atom. The van der Waals surface area contributed by atoms with E-state index in [-0.39, 0.29) is 6.42 Å². The van der Waals surface area contributed by atoms with Gasteiger partial charge in [-0.25, -0.2) is 8.78 Å². The highest BCUT2D eigenvalue weighted by molar-refractivity contribution is 4.74. The third-order valence-corrected chi connectivity index (χ3v) is 2.91. The van der Waals surface area contributed by atoms with E-state index in [2.05, 4.69) is 4.90 Å². The first kappa shape index (κ1) is 11.9. The minimum Gasteiger partial charge on any atom is -0.330 e. The molecule has 1 aliphatic heterocycles. The first-order valence-corrected chi connectivity index (χ1v) is 5.31. The summed E-state index contributed by atoms with van der Waals surface area (Å²) in [7, 11) is 0. The zero-order valence-corrected chi connectivity index (χ0v) is 8.81. The number of rotatable bonds is 4. The molecule has 2 nitrogen and oxygen atoms in total. The summed E-state index contributed by atoms with van der Waals surface area (Å²) in [6.07, 6.45) is 2.10. The van der Waals surface area contributed by atoms with E-state index in [0.29, 0.717) is 12.5 Å². The van der Waals surface area contributed by atoms with E-state index in [0.717, 1.165) is 39.4 Å². The summed E-state index contributed by atoms with van der Waals surface area (Å²) < 4.78 is 25.1. The quantitative estimate of drug-likeness (QED) is 0.758. The maximum absolute atomic E-state index is 12.6. The SMILES string of the molecule is CC(F)(F)CCN1CCC(CN)CC1. The van der Waals surface area contributed by atoms with Crippen LogP contribution in [0.2, 0.25) is 0 Å². The summed E-state index contributed by atoms with van der Waals surface area (Å²) in [5.41, 5.74) is 5.55. The van der Waals surface area contributed by atoms with E-state index in [1.165, 1.54) is 0 Å². The Morgan fingerprint density at radius 1 is 1.36 bits per heavy atom. The highest BCUT2D eigenvalue weighted by Crippen LogP contribution is 2.20. The van der Waals surface area contributed by atoms with E-state index in [9.17, 15) is 8.78 Å². The Balaban J connectivity index is 2.16. The third kappa shape index (κ3) is 4.33. The van der Waals surface area contributed by atoms with Crippen LogP contribution in [-0.4, -0.2) is 37.0 Å². The molecule has 1 aliphatic rings. The average Bonchev–Trinajstić information content (AvgIpc) is 2.14. The van der Waals surface area contributed by atoms with Crippen molar-refractivity contribution in [1.82, 2.24) is 4.90 Å². The van der Waals surface area contributed by atoms with Gasteiger partial charge in [-0.1, -0.05) is 0 Å². The molecule has 2 N–H and O–H groups in total. The molecule has 0 spiro atoms. The van der Waals surface area contributed by atoms with Crippen molar-refractivity contribution in [2.45, 2.75) is 32.1 Å². The molecule has 0 radical (unpaired) electrons. The molecule has 0 aromatic rings. The molecule has 0 aliphatic carbocycles. The van der Waals surface area contributed by atoms with Gasteiger partial charge in [0.1, 0.15) is 0 Å². The molecule has 84 valence electrons. The van der Waals surface area contributed by atoms with Crippen molar-refractivity contribution in [3.63, 3.8) is 0 Å². The number of hydrogen-bond acceptors (Lipinski definition) is 2. The molecule has 1 saturated heterocycles. The predicted octanol–water partition coefficient (Wildman–Crippen LogP) is 1.70. The molecular weight excluding hydrogens is 186 g/mol. The molecule has 0 unspecified atom stereocenters. The molecule has 1 rings (SSSR count). The fourth-order valence-electron chi connectivity index (χ4n) is 1.80. The zero-order valence-electron chi connectivity index (χ0n) is 8.81. The van der Waals surface area contributed by atoms with Gasteiger partial charge in [0.15, 0.2) is 0 Å². The Bertz CT molecular complexity index is 160. The standard InChI is InChI=1S/C10H20F2N2/c1-10(11,12)4-7-14-5-2-9(8-13)3-6-14/h9H,2-8,13H2,1H3. The summed E-state index contributed by atoms with van der Waals surface area (Å²) in [6.45, 7) is 4.09. The summed E-state index contributed by atoms with van der Waals surface area (Å²) in [5, 5.41) is 0. The number of alkyl halides is 2. The molecule has 0 amide bonds. The second-order valence-electron chi connectivity index (χ2n) is 4.34. The number of nitrogens with two attached hydrogens (primary N) is 1. The van der Waals surface area contributed by atoms with Crippen LogP contribution in [0.3, 0.4) is 0 Å². The molecule has 0 atom stereocenters. The molecule has 0 saturated carbocycles. The van der Waals surface area contributed by atoms with Crippen molar-refractivity contribution < 1.29 is 8.78 Å². The van der Waals surface area contributed by atoms with E-state index < -0.39 is 5.92 Å². The van der Waals surface area contributed by atoms with Gasteiger partial charge in [-0.2, -0.15) is 0 Å². The summed E-state index contributed by atoms with van der Waals surface area (Å²) >= 11 is 0. The first-order chi connectivity index (χ1) is 6.51. The number of likely N-dealkylation sites (tertiary alicyclic amines) is 1. The van der Waals surface area contributed by atoms with Gasteiger partial charge in [0.2, 0.25) is 5.92 Å². The fourth-order valence-corrected chi connectivity index (χ4v) is 1.80. The van der Waals surface area contributed by atoms with Crippen LogP contribution in [0.1, 0.15) is 26.2 Å². The largest absolute Gasteiger partial charge is 0.330 e. The van der Waals surface area contributed by atoms with Crippen LogP contribution in [0.5, 0.6) is 0 Å². The van der Waals surface area contributed by atoms with Crippen LogP contribution in [0, 0.1) is 5.92 Å². The van der Waals surface area contributed by atoms with Crippen molar-refractivity contribution in [3.8, 4) is 0 Å². The van der Waals surface area contributed by atoms with E-state index >= 15 is 0 Å². The zero-order chi connectivity index (χ0) is 10.6.